The topological polar surface area (TPSA) is 0 Å². The minimum Gasteiger partial charge on any atom is -0.0833 e. The van der Waals surface area contributed by atoms with Crippen LogP contribution < -0.4 is 0 Å². The quantitative estimate of drug-likeness (QED) is 0.478. The molecule has 1 aliphatic rings. The molecular weight excluding hydrogens is 216 g/mol. The van der Waals surface area contributed by atoms with Crippen molar-refractivity contribution in [3.8, 4) is 0 Å². The first-order chi connectivity index (χ1) is 8.47. The molecule has 1 aliphatic carbocycles. The lowest BCUT2D eigenvalue weighted by molar-refractivity contribution is 0.822. The van der Waals surface area contributed by atoms with Gasteiger partial charge in [-0.2, -0.15) is 0 Å². The molecule has 0 saturated carbocycles. The Morgan fingerprint density at radius 2 is 1.67 bits per heavy atom. The van der Waals surface area contributed by atoms with Gasteiger partial charge in [-0.25, -0.2) is 0 Å². The fourth-order valence-electron chi connectivity index (χ4n) is 1.94. The zero-order chi connectivity index (χ0) is 14.6. The number of hydrogen-bond donors (Lipinski definition) is 0. The van der Waals surface area contributed by atoms with E-state index in [1.54, 1.807) is 5.57 Å². The summed E-state index contributed by atoms with van der Waals surface area (Å²) in [6.07, 6.45) is 10.6. The minimum atomic E-state index is 0.713. The van der Waals surface area contributed by atoms with E-state index in [0.29, 0.717) is 5.92 Å². The highest BCUT2D eigenvalue weighted by atomic mass is 14.1. The molecule has 106 valence electrons. The Bertz CT molecular complexity index is 270. The third kappa shape index (κ3) is 11.7. The molecule has 0 aliphatic heterocycles. The number of hydrogen-bond acceptors (Lipinski definition) is 0. The molecule has 0 radical (unpaired) electrons. The molecule has 1 rings (SSSR count). The van der Waals surface area contributed by atoms with E-state index in [9.17, 15) is 0 Å². The maximum atomic E-state index is 2.36. The molecule has 0 N–H and O–H groups in total. The normalized spacial score (nSPS) is 13.4. The molecule has 0 bridgehead atoms. The zero-order valence-corrected chi connectivity index (χ0v) is 13.9. The number of allylic oxidation sites excluding steroid dienone is 6. The van der Waals surface area contributed by atoms with Crippen LogP contribution in [-0.4, -0.2) is 0 Å². The van der Waals surface area contributed by atoms with E-state index in [2.05, 4.69) is 59.8 Å². The van der Waals surface area contributed by atoms with Crippen LogP contribution in [0.3, 0.4) is 0 Å². The summed E-state index contributed by atoms with van der Waals surface area (Å²) in [5, 5.41) is 0. The van der Waals surface area contributed by atoms with Gasteiger partial charge in [-0.3, -0.25) is 0 Å². The number of rotatable bonds is 2. The van der Waals surface area contributed by atoms with Gasteiger partial charge in [-0.1, -0.05) is 64.0 Å². The van der Waals surface area contributed by atoms with Gasteiger partial charge in [0.05, 0.1) is 0 Å². The van der Waals surface area contributed by atoms with Crippen LogP contribution in [0, 0.1) is 5.92 Å². The standard InChI is InChI=1S/C9H14.C7H14.C2H6/c1-3-9-7-5-4-6-8(9)2;1-6(2)5-7(3)4;1-2/h6-7H,3-5H2,1-2H3;5-6H,1-4H3;1-2H3. The van der Waals surface area contributed by atoms with Gasteiger partial charge in [0.15, 0.2) is 0 Å². The molecule has 18 heavy (non-hydrogen) atoms. The van der Waals surface area contributed by atoms with Crippen molar-refractivity contribution in [1.29, 1.82) is 0 Å². The second-order valence-corrected chi connectivity index (χ2v) is 5.04. The van der Waals surface area contributed by atoms with E-state index >= 15 is 0 Å². The SMILES string of the molecule is CC.CC(C)=CC(C)C.CCC1=CCCC=C1C. The van der Waals surface area contributed by atoms with Gasteiger partial charge < -0.3 is 0 Å². The molecule has 0 heterocycles. The summed E-state index contributed by atoms with van der Waals surface area (Å²) >= 11 is 0. The van der Waals surface area contributed by atoms with Crippen LogP contribution in [0.1, 0.15) is 74.7 Å². The molecule has 0 aromatic rings. The van der Waals surface area contributed by atoms with E-state index in [1.165, 1.54) is 30.4 Å². The third-order valence-corrected chi connectivity index (χ3v) is 2.56. The van der Waals surface area contributed by atoms with Gasteiger partial charge in [0.2, 0.25) is 0 Å². The zero-order valence-electron chi connectivity index (χ0n) is 13.9. The molecule has 0 nitrogen and oxygen atoms in total. The molecule has 0 saturated heterocycles. The van der Waals surface area contributed by atoms with Crippen molar-refractivity contribution in [3.05, 3.63) is 34.9 Å². The van der Waals surface area contributed by atoms with Crippen molar-refractivity contribution in [2.24, 2.45) is 5.92 Å². The predicted octanol–water partition coefficient (Wildman–Crippen LogP) is 6.70. The lowest BCUT2D eigenvalue weighted by atomic mass is 9.97. The van der Waals surface area contributed by atoms with Crippen molar-refractivity contribution in [3.63, 3.8) is 0 Å². The van der Waals surface area contributed by atoms with Crippen LogP contribution in [0.15, 0.2) is 34.9 Å². The average molecular weight is 250 g/mol. The molecule has 0 aromatic heterocycles. The molecule has 0 unspecified atom stereocenters. The maximum absolute atomic E-state index is 2.36. The first-order valence-corrected chi connectivity index (χ1v) is 7.48. The molecule has 0 atom stereocenters. The van der Waals surface area contributed by atoms with Crippen molar-refractivity contribution < 1.29 is 0 Å². The molecule has 0 amide bonds. The van der Waals surface area contributed by atoms with E-state index in [4.69, 9.17) is 0 Å². The fraction of sp³-hybridized carbons (Fsp3) is 0.667. The van der Waals surface area contributed by atoms with Crippen LogP contribution in [0.2, 0.25) is 0 Å². The monoisotopic (exact) mass is 250 g/mol. The summed E-state index contributed by atoms with van der Waals surface area (Å²) < 4.78 is 0. The van der Waals surface area contributed by atoms with Gasteiger partial charge in [-0.15, -0.1) is 0 Å². The minimum absolute atomic E-state index is 0.713. The van der Waals surface area contributed by atoms with Crippen LogP contribution >= 0.6 is 0 Å². The van der Waals surface area contributed by atoms with Crippen LogP contribution in [0.5, 0.6) is 0 Å². The molecular formula is C18H34. The smallest absolute Gasteiger partial charge is 0.0288 e. The first kappa shape index (κ1) is 19.6. The summed E-state index contributed by atoms with van der Waals surface area (Å²) in [5.41, 5.74) is 4.44. The summed E-state index contributed by atoms with van der Waals surface area (Å²) in [5.74, 6) is 0.713. The lowest BCUT2D eigenvalue weighted by Crippen LogP contribution is -1.88. The van der Waals surface area contributed by atoms with Crippen LogP contribution in [0.4, 0.5) is 0 Å². The van der Waals surface area contributed by atoms with E-state index < -0.39 is 0 Å². The summed E-state index contributed by atoms with van der Waals surface area (Å²) in [6.45, 7) is 17.0. The Labute approximate surface area is 116 Å². The second kappa shape index (κ2) is 12.7. The second-order valence-electron chi connectivity index (χ2n) is 5.04. The summed E-state index contributed by atoms with van der Waals surface area (Å²) in [4.78, 5) is 0. The third-order valence-electron chi connectivity index (χ3n) is 2.56. The Hall–Kier alpha value is -0.780. The van der Waals surface area contributed by atoms with Crippen LogP contribution in [0.25, 0.3) is 0 Å². The van der Waals surface area contributed by atoms with Crippen LogP contribution in [-0.2, 0) is 0 Å². The highest BCUT2D eigenvalue weighted by Crippen LogP contribution is 2.19. The fourth-order valence-corrected chi connectivity index (χ4v) is 1.94. The summed E-state index contributed by atoms with van der Waals surface area (Å²) in [7, 11) is 0. The van der Waals surface area contributed by atoms with Crippen molar-refractivity contribution >= 4 is 0 Å². The molecule has 0 spiro atoms. The van der Waals surface area contributed by atoms with Gasteiger partial charge in [0, 0.05) is 0 Å². The Morgan fingerprint density at radius 3 is 1.89 bits per heavy atom. The van der Waals surface area contributed by atoms with E-state index in [1.807, 2.05) is 13.8 Å². The van der Waals surface area contributed by atoms with E-state index in [-0.39, 0.29) is 0 Å². The highest BCUT2D eigenvalue weighted by molar-refractivity contribution is 5.31. The van der Waals surface area contributed by atoms with Gasteiger partial charge in [0.25, 0.3) is 0 Å². The Balaban J connectivity index is 0. The molecule has 0 fully saturated rings. The maximum Gasteiger partial charge on any atom is -0.0288 e. The predicted molar refractivity (Wildman–Crippen MR) is 87.0 cm³/mol. The van der Waals surface area contributed by atoms with Crippen molar-refractivity contribution in [1.82, 2.24) is 0 Å². The Kier molecular flexibility index (Phi) is 13.8. The van der Waals surface area contributed by atoms with Gasteiger partial charge in [-0.05, 0) is 51.5 Å². The largest absolute Gasteiger partial charge is 0.0833 e. The van der Waals surface area contributed by atoms with E-state index in [0.717, 1.165) is 0 Å². The van der Waals surface area contributed by atoms with Crippen molar-refractivity contribution in [2.75, 3.05) is 0 Å². The Morgan fingerprint density at radius 1 is 1.17 bits per heavy atom. The molecule has 0 aromatic carbocycles. The molecule has 0 heteroatoms. The average Bonchev–Trinajstić information content (AvgIpc) is 2.31. The highest BCUT2D eigenvalue weighted by Gasteiger charge is 1.99. The summed E-state index contributed by atoms with van der Waals surface area (Å²) in [6, 6.07) is 0. The first-order valence-electron chi connectivity index (χ1n) is 7.48. The van der Waals surface area contributed by atoms with Gasteiger partial charge in [0.1, 0.15) is 0 Å². The lowest BCUT2D eigenvalue weighted by Gasteiger charge is -2.09. The van der Waals surface area contributed by atoms with Crippen molar-refractivity contribution in [2.45, 2.75) is 74.7 Å². The van der Waals surface area contributed by atoms with Gasteiger partial charge >= 0.3 is 0 Å².